The average molecular weight is 364 g/mol. The van der Waals surface area contributed by atoms with Crippen LogP contribution in [0.3, 0.4) is 0 Å². The van der Waals surface area contributed by atoms with Crippen LogP contribution in [0.15, 0.2) is 48.5 Å². The molecule has 0 radical (unpaired) electrons. The third-order valence-electron chi connectivity index (χ3n) is 3.16. The number of aryl methyl sites for hydroxylation is 1. The molecule has 0 atom stereocenters. The van der Waals surface area contributed by atoms with Gasteiger partial charge in [-0.1, -0.05) is 49.4 Å². The van der Waals surface area contributed by atoms with Gasteiger partial charge in [0.1, 0.15) is 0 Å². The summed E-state index contributed by atoms with van der Waals surface area (Å²) in [5, 5.41) is 1.37. The molecule has 0 aliphatic rings. The van der Waals surface area contributed by atoms with Crippen LogP contribution in [0, 0.1) is 3.57 Å². The quantitative estimate of drug-likeness (QED) is 0.509. The molecule has 0 spiro atoms. The lowest BCUT2D eigenvalue weighted by Gasteiger charge is -2.01. The van der Waals surface area contributed by atoms with Gasteiger partial charge in [-0.2, -0.15) is 0 Å². The molecule has 0 aliphatic carbocycles. The highest BCUT2D eigenvalue weighted by molar-refractivity contribution is 14.1. The van der Waals surface area contributed by atoms with Gasteiger partial charge in [0.2, 0.25) is 0 Å². The summed E-state index contributed by atoms with van der Waals surface area (Å²) in [6, 6.07) is 17.6. The highest BCUT2D eigenvalue weighted by Crippen LogP contribution is 2.39. The van der Waals surface area contributed by atoms with Crippen molar-refractivity contribution in [1.29, 1.82) is 0 Å². The predicted octanol–water partition coefficient (Wildman–Crippen LogP) is 5.74. The summed E-state index contributed by atoms with van der Waals surface area (Å²) >= 11 is 4.35. The van der Waals surface area contributed by atoms with Crippen LogP contribution in [0.25, 0.3) is 20.5 Å². The molecular weight excluding hydrogens is 351 g/mol. The molecule has 3 aromatic rings. The van der Waals surface area contributed by atoms with Gasteiger partial charge in [-0.05, 0) is 46.2 Å². The van der Waals surface area contributed by atoms with Gasteiger partial charge in [-0.25, -0.2) is 0 Å². The number of benzene rings is 2. The number of rotatable bonds is 2. The maximum Gasteiger partial charge on any atom is 0.0488 e. The van der Waals surface area contributed by atoms with Crippen LogP contribution >= 0.6 is 33.9 Å². The summed E-state index contributed by atoms with van der Waals surface area (Å²) in [5.41, 5.74) is 2.73. The predicted molar refractivity (Wildman–Crippen MR) is 89.4 cm³/mol. The average Bonchev–Trinajstić information content (AvgIpc) is 2.77. The molecule has 0 nitrogen and oxygen atoms in total. The molecule has 0 fully saturated rings. The van der Waals surface area contributed by atoms with E-state index in [0.717, 1.165) is 6.42 Å². The molecule has 0 bridgehead atoms. The van der Waals surface area contributed by atoms with E-state index in [1.165, 1.54) is 29.7 Å². The first kappa shape index (κ1) is 12.2. The van der Waals surface area contributed by atoms with Gasteiger partial charge in [0.05, 0.1) is 0 Å². The van der Waals surface area contributed by atoms with Crippen LogP contribution in [0.5, 0.6) is 0 Å². The van der Waals surface area contributed by atoms with Crippen LogP contribution in [0.1, 0.15) is 12.5 Å². The van der Waals surface area contributed by atoms with Crippen LogP contribution < -0.4 is 0 Å². The van der Waals surface area contributed by atoms with Crippen molar-refractivity contribution in [3.63, 3.8) is 0 Å². The number of thiophene rings is 1. The Kier molecular flexibility index (Phi) is 3.39. The van der Waals surface area contributed by atoms with E-state index in [2.05, 4.69) is 78.0 Å². The second-order valence-electron chi connectivity index (χ2n) is 4.29. The Morgan fingerprint density at radius 1 is 1.00 bits per heavy atom. The fraction of sp³-hybridized carbons (Fsp3) is 0.125. The molecule has 1 aromatic heterocycles. The van der Waals surface area contributed by atoms with Crippen molar-refractivity contribution in [1.82, 2.24) is 0 Å². The lowest BCUT2D eigenvalue weighted by Crippen LogP contribution is -1.80. The van der Waals surface area contributed by atoms with Crippen LogP contribution in [0.2, 0.25) is 0 Å². The van der Waals surface area contributed by atoms with Crippen molar-refractivity contribution in [2.45, 2.75) is 13.3 Å². The topological polar surface area (TPSA) is 0 Å². The first-order valence-corrected chi connectivity index (χ1v) is 7.95. The molecule has 2 heteroatoms. The molecule has 3 rings (SSSR count). The first-order chi connectivity index (χ1) is 8.79. The third kappa shape index (κ3) is 2.08. The second-order valence-corrected chi connectivity index (χ2v) is 6.42. The van der Waals surface area contributed by atoms with Crippen LogP contribution in [-0.2, 0) is 6.42 Å². The summed E-state index contributed by atoms with van der Waals surface area (Å²) < 4.78 is 2.74. The molecule has 0 N–H and O–H groups in total. The van der Waals surface area contributed by atoms with Gasteiger partial charge in [-0.3, -0.25) is 0 Å². The normalized spacial score (nSPS) is 11.0. The van der Waals surface area contributed by atoms with Gasteiger partial charge in [0, 0.05) is 18.5 Å². The monoisotopic (exact) mass is 364 g/mol. The van der Waals surface area contributed by atoms with Gasteiger partial charge >= 0.3 is 0 Å². The van der Waals surface area contributed by atoms with Crippen LogP contribution in [0.4, 0.5) is 0 Å². The van der Waals surface area contributed by atoms with E-state index >= 15 is 0 Å². The Balaban J connectivity index is 2.15. The Bertz CT molecular complexity index is 680. The van der Waals surface area contributed by atoms with Gasteiger partial charge < -0.3 is 0 Å². The largest absolute Gasteiger partial charge is 0.134 e. The Morgan fingerprint density at radius 3 is 2.39 bits per heavy atom. The molecule has 90 valence electrons. The van der Waals surface area contributed by atoms with E-state index in [0.29, 0.717) is 0 Å². The zero-order valence-corrected chi connectivity index (χ0v) is 13.1. The minimum absolute atomic E-state index is 1.10. The van der Waals surface area contributed by atoms with Gasteiger partial charge in [0.15, 0.2) is 0 Å². The van der Waals surface area contributed by atoms with Crippen molar-refractivity contribution >= 4 is 44.0 Å². The highest BCUT2D eigenvalue weighted by atomic mass is 127. The summed E-state index contributed by atoms with van der Waals surface area (Å²) in [7, 11) is 0. The molecule has 0 saturated carbocycles. The Morgan fingerprint density at radius 2 is 1.72 bits per heavy atom. The standard InChI is InChI=1S/C16H13IS/c1-2-11-7-9-12(10-8-11)16-15(17)13-5-3-4-6-14(13)18-16/h3-10H,2H2,1H3. The molecule has 0 amide bonds. The van der Waals surface area contributed by atoms with E-state index in [1.807, 2.05) is 11.3 Å². The van der Waals surface area contributed by atoms with Crippen molar-refractivity contribution in [2.24, 2.45) is 0 Å². The van der Waals surface area contributed by atoms with Gasteiger partial charge in [-0.15, -0.1) is 11.3 Å². The first-order valence-electron chi connectivity index (χ1n) is 6.06. The van der Waals surface area contributed by atoms with Gasteiger partial charge in [0.25, 0.3) is 0 Å². The van der Waals surface area contributed by atoms with Crippen molar-refractivity contribution in [3.05, 3.63) is 57.7 Å². The minimum Gasteiger partial charge on any atom is -0.134 e. The van der Waals surface area contributed by atoms with Crippen molar-refractivity contribution < 1.29 is 0 Å². The third-order valence-corrected chi connectivity index (χ3v) is 5.87. The summed E-state index contributed by atoms with van der Waals surface area (Å²) in [5.74, 6) is 0. The summed E-state index contributed by atoms with van der Waals surface area (Å²) in [4.78, 5) is 1.39. The smallest absolute Gasteiger partial charge is 0.0488 e. The van der Waals surface area contributed by atoms with E-state index in [9.17, 15) is 0 Å². The second kappa shape index (κ2) is 5.02. The molecular formula is C16H13IS. The number of halogens is 1. The minimum atomic E-state index is 1.10. The fourth-order valence-corrected chi connectivity index (χ4v) is 4.49. The lowest BCUT2D eigenvalue weighted by molar-refractivity contribution is 1.14. The van der Waals surface area contributed by atoms with Crippen LogP contribution in [-0.4, -0.2) is 0 Å². The maximum absolute atomic E-state index is 2.47. The zero-order chi connectivity index (χ0) is 12.5. The molecule has 0 saturated heterocycles. The number of fused-ring (bicyclic) bond motifs is 1. The van der Waals surface area contributed by atoms with Crippen molar-refractivity contribution in [2.75, 3.05) is 0 Å². The van der Waals surface area contributed by atoms with E-state index < -0.39 is 0 Å². The number of hydrogen-bond donors (Lipinski definition) is 0. The highest BCUT2D eigenvalue weighted by Gasteiger charge is 2.10. The maximum atomic E-state index is 2.47. The summed E-state index contributed by atoms with van der Waals surface area (Å²) in [6.45, 7) is 2.19. The zero-order valence-electron chi connectivity index (χ0n) is 10.1. The Labute approximate surface area is 125 Å². The SMILES string of the molecule is CCc1ccc(-c2sc3ccccc3c2I)cc1. The molecule has 1 heterocycles. The molecule has 0 unspecified atom stereocenters. The Hall–Kier alpha value is -0.870. The van der Waals surface area contributed by atoms with E-state index in [1.54, 1.807) is 0 Å². The molecule has 0 aliphatic heterocycles. The molecule has 2 aromatic carbocycles. The number of hydrogen-bond acceptors (Lipinski definition) is 1. The van der Waals surface area contributed by atoms with Crippen molar-refractivity contribution in [3.8, 4) is 10.4 Å². The van der Waals surface area contributed by atoms with E-state index in [-0.39, 0.29) is 0 Å². The van der Waals surface area contributed by atoms with E-state index in [4.69, 9.17) is 0 Å². The fourth-order valence-electron chi connectivity index (χ4n) is 2.09. The molecule has 18 heavy (non-hydrogen) atoms. The summed E-state index contributed by atoms with van der Waals surface area (Å²) in [6.07, 6.45) is 1.10. The lowest BCUT2D eigenvalue weighted by atomic mass is 10.1.